The van der Waals surface area contributed by atoms with Crippen LogP contribution in [0.5, 0.6) is 11.5 Å². The summed E-state index contributed by atoms with van der Waals surface area (Å²) in [5.41, 5.74) is 2.88. The third kappa shape index (κ3) is 7.35. The molecule has 0 bridgehead atoms. The van der Waals surface area contributed by atoms with E-state index in [2.05, 4.69) is 19.2 Å². The summed E-state index contributed by atoms with van der Waals surface area (Å²) in [6.07, 6.45) is 0.394. The second-order valence-electron chi connectivity index (χ2n) is 8.95. The van der Waals surface area contributed by atoms with Crippen LogP contribution in [0, 0.1) is 0 Å². The van der Waals surface area contributed by atoms with Crippen LogP contribution < -0.4 is 14.8 Å². The second-order valence-corrected chi connectivity index (χ2v) is 8.95. The van der Waals surface area contributed by atoms with E-state index in [1.165, 1.54) is 0 Å². The molecule has 2 amide bonds. The van der Waals surface area contributed by atoms with Gasteiger partial charge in [0.25, 0.3) is 5.91 Å². The molecule has 0 aliphatic heterocycles. The van der Waals surface area contributed by atoms with Crippen LogP contribution in [0.25, 0.3) is 0 Å². The van der Waals surface area contributed by atoms with Gasteiger partial charge in [0, 0.05) is 19.5 Å². The Labute approximate surface area is 214 Å². The molecule has 6 nitrogen and oxygen atoms in total. The summed E-state index contributed by atoms with van der Waals surface area (Å²) >= 11 is 0. The summed E-state index contributed by atoms with van der Waals surface area (Å²) in [6.45, 7) is 6.60. The number of methoxy groups -OCH3 is 1. The molecule has 1 N–H and O–H groups in total. The lowest BCUT2D eigenvalue weighted by molar-refractivity contribution is -0.142. The molecule has 0 heterocycles. The molecule has 0 fully saturated rings. The molecule has 0 radical (unpaired) electrons. The van der Waals surface area contributed by atoms with Crippen molar-refractivity contribution in [2.24, 2.45) is 0 Å². The maximum atomic E-state index is 13.7. The van der Waals surface area contributed by atoms with E-state index in [1.807, 2.05) is 85.8 Å². The molecule has 3 aromatic carbocycles. The quantitative estimate of drug-likeness (QED) is 0.391. The Kier molecular flexibility index (Phi) is 9.92. The van der Waals surface area contributed by atoms with Gasteiger partial charge in [0.15, 0.2) is 6.61 Å². The van der Waals surface area contributed by atoms with E-state index in [0.29, 0.717) is 24.5 Å². The number of amides is 2. The molecule has 6 heteroatoms. The summed E-state index contributed by atoms with van der Waals surface area (Å²) in [4.78, 5) is 28.6. The molecule has 190 valence electrons. The SMILES string of the molecule is CCNC(=O)[C@@H](Cc1ccccc1)N(Cc1cccc(OC)c1)C(=O)COc1ccccc1C(C)C. The van der Waals surface area contributed by atoms with E-state index >= 15 is 0 Å². The first kappa shape index (κ1) is 26.8. The van der Waals surface area contributed by atoms with Gasteiger partial charge in [-0.25, -0.2) is 0 Å². The van der Waals surface area contributed by atoms with Gasteiger partial charge < -0.3 is 19.7 Å². The molecule has 0 unspecified atom stereocenters. The van der Waals surface area contributed by atoms with Crippen LogP contribution >= 0.6 is 0 Å². The zero-order chi connectivity index (χ0) is 25.9. The number of carbonyl (C=O) groups excluding carboxylic acids is 2. The van der Waals surface area contributed by atoms with E-state index in [9.17, 15) is 9.59 Å². The van der Waals surface area contributed by atoms with E-state index < -0.39 is 6.04 Å². The van der Waals surface area contributed by atoms with E-state index in [0.717, 1.165) is 16.7 Å². The zero-order valence-corrected chi connectivity index (χ0v) is 21.6. The van der Waals surface area contributed by atoms with Gasteiger partial charge in [-0.2, -0.15) is 0 Å². The van der Waals surface area contributed by atoms with Gasteiger partial charge in [0.2, 0.25) is 5.91 Å². The molecule has 0 saturated carbocycles. The van der Waals surface area contributed by atoms with Crippen LogP contribution in [0.1, 0.15) is 43.4 Å². The van der Waals surface area contributed by atoms with Crippen molar-refractivity contribution in [3.63, 3.8) is 0 Å². The van der Waals surface area contributed by atoms with Gasteiger partial charge in [-0.05, 0) is 47.7 Å². The smallest absolute Gasteiger partial charge is 0.261 e. The van der Waals surface area contributed by atoms with Crippen molar-refractivity contribution in [1.29, 1.82) is 0 Å². The van der Waals surface area contributed by atoms with Crippen LogP contribution in [0.3, 0.4) is 0 Å². The molecule has 0 saturated heterocycles. The fraction of sp³-hybridized carbons (Fsp3) is 0.333. The number of nitrogens with zero attached hydrogens (tertiary/aromatic N) is 1. The largest absolute Gasteiger partial charge is 0.497 e. The minimum atomic E-state index is -0.699. The lowest BCUT2D eigenvalue weighted by Gasteiger charge is -2.31. The molecule has 0 aromatic heterocycles. The molecule has 0 aliphatic rings. The normalized spacial score (nSPS) is 11.6. The maximum Gasteiger partial charge on any atom is 0.261 e. The van der Waals surface area contributed by atoms with Crippen molar-refractivity contribution in [1.82, 2.24) is 10.2 Å². The first-order valence-corrected chi connectivity index (χ1v) is 12.4. The van der Waals surface area contributed by atoms with Gasteiger partial charge in [0.05, 0.1) is 7.11 Å². The first-order valence-electron chi connectivity index (χ1n) is 12.4. The molecule has 36 heavy (non-hydrogen) atoms. The van der Waals surface area contributed by atoms with Crippen molar-refractivity contribution in [3.05, 3.63) is 95.6 Å². The fourth-order valence-corrected chi connectivity index (χ4v) is 4.12. The Balaban J connectivity index is 1.92. The number of benzene rings is 3. The second kappa shape index (κ2) is 13.3. The van der Waals surface area contributed by atoms with Crippen LogP contribution in [-0.2, 0) is 22.6 Å². The fourth-order valence-electron chi connectivity index (χ4n) is 4.12. The van der Waals surface area contributed by atoms with Gasteiger partial charge in [-0.3, -0.25) is 9.59 Å². The van der Waals surface area contributed by atoms with Gasteiger partial charge >= 0.3 is 0 Å². The summed E-state index contributed by atoms with van der Waals surface area (Å²) in [6, 6.07) is 24.3. The van der Waals surface area contributed by atoms with Crippen molar-refractivity contribution in [2.75, 3.05) is 20.3 Å². The Morgan fingerprint density at radius 2 is 1.61 bits per heavy atom. The number of hydrogen-bond acceptors (Lipinski definition) is 4. The van der Waals surface area contributed by atoms with Gasteiger partial charge in [0.1, 0.15) is 17.5 Å². The average molecular weight is 489 g/mol. The third-order valence-electron chi connectivity index (χ3n) is 6.00. The van der Waals surface area contributed by atoms with Crippen LogP contribution in [0.2, 0.25) is 0 Å². The Morgan fingerprint density at radius 3 is 2.31 bits per heavy atom. The minimum absolute atomic E-state index is 0.168. The van der Waals surface area contributed by atoms with Gasteiger partial charge in [-0.15, -0.1) is 0 Å². The summed E-state index contributed by atoms with van der Waals surface area (Å²) in [7, 11) is 1.61. The molecule has 0 spiro atoms. The van der Waals surface area contributed by atoms with Crippen molar-refractivity contribution >= 4 is 11.8 Å². The average Bonchev–Trinajstić information content (AvgIpc) is 2.90. The highest BCUT2D eigenvalue weighted by molar-refractivity contribution is 5.88. The summed E-state index contributed by atoms with van der Waals surface area (Å²) in [5.74, 6) is 1.17. The van der Waals surface area contributed by atoms with Crippen molar-refractivity contribution in [3.8, 4) is 11.5 Å². The molecule has 0 aliphatic carbocycles. The van der Waals surface area contributed by atoms with E-state index in [4.69, 9.17) is 9.47 Å². The molecular weight excluding hydrogens is 452 g/mol. The minimum Gasteiger partial charge on any atom is -0.497 e. The van der Waals surface area contributed by atoms with E-state index in [-0.39, 0.29) is 30.9 Å². The Bertz CT molecular complexity index is 1130. The number of ether oxygens (including phenoxy) is 2. The zero-order valence-electron chi connectivity index (χ0n) is 21.6. The van der Waals surface area contributed by atoms with Crippen molar-refractivity contribution < 1.29 is 19.1 Å². The Hall–Kier alpha value is -3.80. The summed E-state index contributed by atoms with van der Waals surface area (Å²) < 4.78 is 11.4. The maximum absolute atomic E-state index is 13.7. The molecular formula is C30H36N2O4. The van der Waals surface area contributed by atoms with Crippen LogP contribution in [0.15, 0.2) is 78.9 Å². The highest BCUT2D eigenvalue weighted by Gasteiger charge is 2.30. The van der Waals surface area contributed by atoms with Crippen LogP contribution in [-0.4, -0.2) is 43.0 Å². The summed E-state index contributed by atoms with van der Waals surface area (Å²) in [5, 5.41) is 2.91. The van der Waals surface area contributed by atoms with E-state index in [1.54, 1.807) is 12.0 Å². The standard InChI is InChI=1S/C30H36N2O4/c1-5-31-30(34)27(19-23-12-7-6-8-13-23)32(20-24-14-11-15-25(18-24)35-4)29(33)21-36-28-17-10-9-16-26(28)22(2)3/h6-18,22,27H,5,19-21H2,1-4H3,(H,31,34)/t27-/m1/s1. The predicted molar refractivity (Wildman–Crippen MR) is 142 cm³/mol. The highest BCUT2D eigenvalue weighted by atomic mass is 16.5. The number of carbonyl (C=O) groups is 2. The number of hydrogen-bond donors (Lipinski definition) is 1. The lowest BCUT2D eigenvalue weighted by atomic mass is 10.0. The van der Waals surface area contributed by atoms with Gasteiger partial charge in [-0.1, -0.05) is 74.5 Å². The Morgan fingerprint density at radius 1 is 0.917 bits per heavy atom. The lowest BCUT2D eigenvalue weighted by Crippen LogP contribution is -2.51. The monoisotopic (exact) mass is 488 g/mol. The molecule has 1 atom stereocenters. The predicted octanol–water partition coefficient (Wildman–Crippen LogP) is 4.97. The topological polar surface area (TPSA) is 67.9 Å². The highest BCUT2D eigenvalue weighted by Crippen LogP contribution is 2.26. The number of nitrogens with one attached hydrogen (secondary N) is 1. The first-order chi connectivity index (χ1) is 17.4. The van der Waals surface area contributed by atoms with Crippen LogP contribution in [0.4, 0.5) is 0 Å². The third-order valence-corrected chi connectivity index (χ3v) is 6.00. The molecule has 3 aromatic rings. The number of rotatable bonds is 12. The van der Waals surface area contributed by atoms with Crippen molar-refractivity contribution in [2.45, 2.75) is 45.7 Å². The molecule has 3 rings (SSSR count). The number of likely N-dealkylation sites (N-methyl/N-ethyl adjacent to an activating group) is 1. The number of para-hydroxylation sites is 1.